The number of carbonyl (C=O) groups is 1. The van der Waals surface area contributed by atoms with Crippen molar-refractivity contribution in [3.8, 4) is 5.75 Å². The molecule has 3 rings (SSSR count). The number of hydrogen-bond acceptors (Lipinski definition) is 5. The Bertz CT molecular complexity index is 851. The van der Waals surface area contributed by atoms with Gasteiger partial charge in [-0.3, -0.25) is 4.79 Å². The Balaban J connectivity index is 1.67. The van der Waals surface area contributed by atoms with Crippen LogP contribution >= 0.6 is 15.9 Å². The molecule has 0 atom stereocenters. The van der Waals surface area contributed by atoms with Gasteiger partial charge in [0.2, 0.25) is 0 Å². The zero-order valence-electron chi connectivity index (χ0n) is 13.6. The number of nitrogens with zero attached hydrogens (tertiary/aromatic N) is 1. The zero-order valence-corrected chi connectivity index (χ0v) is 16.0. The molecule has 2 aromatic rings. The maximum atomic E-state index is 12.8. The lowest BCUT2D eigenvalue weighted by Gasteiger charge is -2.31. The van der Waals surface area contributed by atoms with Crippen LogP contribution in [0.1, 0.15) is 23.4 Å². The Labute approximate surface area is 154 Å². The largest absolute Gasteiger partial charge is 0.497 e. The van der Waals surface area contributed by atoms with Gasteiger partial charge in [0.1, 0.15) is 5.75 Å². The summed E-state index contributed by atoms with van der Waals surface area (Å²) in [6, 6.07) is 9.67. The van der Waals surface area contributed by atoms with Crippen LogP contribution in [0.3, 0.4) is 0 Å². The number of carbonyl (C=O) groups excluding carboxylic acids is 1. The molecule has 6 nitrogen and oxygen atoms in total. The summed E-state index contributed by atoms with van der Waals surface area (Å²) in [6.45, 7) is 0.772. The van der Waals surface area contributed by atoms with Crippen molar-refractivity contribution in [2.45, 2.75) is 23.0 Å². The third-order valence-corrected chi connectivity index (χ3v) is 7.04. The molecule has 1 aromatic carbocycles. The SMILES string of the molecule is COc1ccc(S(=O)(=O)C2CCN(C(=O)c3ccc(Br)o3)CC2)cc1. The smallest absolute Gasteiger partial charge is 0.289 e. The van der Waals surface area contributed by atoms with Gasteiger partial charge in [0, 0.05) is 13.1 Å². The molecule has 1 aliphatic rings. The van der Waals surface area contributed by atoms with Crippen molar-refractivity contribution < 1.29 is 22.4 Å². The summed E-state index contributed by atoms with van der Waals surface area (Å²) in [5, 5.41) is -0.492. The summed E-state index contributed by atoms with van der Waals surface area (Å²) in [4.78, 5) is 14.3. The molecular formula is C17H18BrNO5S. The molecule has 1 saturated heterocycles. The van der Waals surface area contributed by atoms with E-state index in [2.05, 4.69) is 15.9 Å². The van der Waals surface area contributed by atoms with Crippen LogP contribution in [0.2, 0.25) is 0 Å². The number of hydrogen-bond donors (Lipinski definition) is 0. The first-order chi connectivity index (χ1) is 11.9. The zero-order chi connectivity index (χ0) is 18.0. The van der Waals surface area contributed by atoms with Gasteiger partial charge in [-0.15, -0.1) is 0 Å². The normalized spacial score (nSPS) is 16.0. The molecule has 2 heterocycles. The Morgan fingerprint density at radius 2 is 1.80 bits per heavy atom. The van der Waals surface area contributed by atoms with E-state index in [1.165, 1.54) is 7.11 Å². The second kappa shape index (κ2) is 7.21. The molecule has 0 N–H and O–H groups in total. The molecule has 0 unspecified atom stereocenters. The maximum Gasteiger partial charge on any atom is 0.289 e. The third-order valence-electron chi connectivity index (χ3n) is 4.34. The minimum atomic E-state index is -3.42. The number of furan rings is 1. The van der Waals surface area contributed by atoms with Gasteiger partial charge in [-0.25, -0.2) is 8.42 Å². The lowest BCUT2D eigenvalue weighted by molar-refractivity contribution is 0.0692. The van der Waals surface area contributed by atoms with E-state index in [9.17, 15) is 13.2 Å². The number of halogens is 1. The molecule has 1 fully saturated rings. The van der Waals surface area contributed by atoms with Crippen LogP contribution in [0.4, 0.5) is 0 Å². The van der Waals surface area contributed by atoms with Crippen molar-refractivity contribution >= 4 is 31.7 Å². The van der Waals surface area contributed by atoms with Gasteiger partial charge in [0.05, 0.1) is 17.3 Å². The fourth-order valence-corrected chi connectivity index (χ4v) is 4.95. The summed E-state index contributed by atoms with van der Waals surface area (Å²) in [6.07, 6.45) is 0.809. The van der Waals surface area contributed by atoms with Gasteiger partial charge in [-0.05, 0) is 65.2 Å². The number of rotatable bonds is 4. The Morgan fingerprint density at radius 1 is 1.16 bits per heavy atom. The molecule has 0 bridgehead atoms. The predicted octanol–water partition coefficient (Wildman–Crippen LogP) is 3.13. The molecule has 1 aromatic heterocycles. The first-order valence-electron chi connectivity index (χ1n) is 7.84. The van der Waals surface area contributed by atoms with Crippen LogP contribution in [0.15, 0.2) is 50.4 Å². The van der Waals surface area contributed by atoms with E-state index in [0.29, 0.717) is 36.4 Å². The van der Waals surface area contributed by atoms with Crippen LogP contribution in [0.25, 0.3) is 0 Å². The summed E-state index contributed by atoms with van der Waals surface area (Å²) in [5.74, 6) is 0.651. The fourth-order valence-electron chi connectivity index (χ4n) is 2.91. The van der Waals surface area contributed by atoms with Crippen LogP contribution < -0.4 is 4.74 Å². The summed E-state index contributed by atoms with van der Waals surface area (Å²) in [5.41, 5.74) is 0. The molecule has 134 valence electrons. The van der Waals surface area contributed by atoms with Gasteiger partial charge >= 0.3 is 0 Å². The monoisotopic (exact) mass is 427 g/mol. The maximum absolute atomic E-state index is 12.8. The van der Waals surface area contributed by atoms with E-state index in [1.54, 1.807) is 41.3 Å². The number of methoxy groups -OCH3 is 1. The van der Waals surface area contributed by atoms with Crippen molar-refractivity contribution in [3.05, 3.63) is 46.8 Å². The first kappa shape index (κ1) is 18.0. The number of sulfone groups is 1. The first-order valence-corrected chi connectivity index (χ1v) is 10.2. The predicted molar refractivity (Wildman–Crippen MR) is 95.5 cm³/mol. The summed E-state index contributed by atoms with van der Waals surface area (Å²) in [7, 11) is -1.89. The van der Waals surface area contributed by atoms with Crippen molar-refractivity contribution in [2.75, 3.05) is 20.2 Å². The number of ether oxygens (including phenoxy) is 1. The molecule has 0 saturated carbocycles. The summed E-state index contributed by atoms with van der Waals surface area (Å²) < 4.78 is 36.4. The van der Waals surface area contributed by atoms with Gasteiger partial charge in [-0.2, -0.15) is 0 Å². The van der Waals surface area contributed by atoms with E-state index in [1.807, 2.05) is 0 Å². The standard InChI is InChI=1S/C17H18BrNO5S/c1-23-12-2-4-13(5-3-12)25(21,22)14-8-10-19(11-9-14)17(20)15-6-7-16(18)24-15/h2-7,14H,8-11H2,1H3. The highest BCUT2D eigenvalue weighted by Gasteiger charge is 2.33. The molecule has 0 aliphatic carbocycles. The highest BCUT2D eigenvalue weighted by atomic mass is 79.9. The van der Waals surface area contributed by atoms with E-state index in [4.69, 9.17) is 9.15 Å². The highest BCUT2D eigenvalue weighted by Crippen LogP contribution is 2.27. The van der Waals surface area contributed by atoms with Gasteiger partial charge in [0.15, 0.2) is 20.3 Å². The quantitative estimate of drug-likeness (QED) is 0.748. The van der Waals surface area contributed by atoms with Crippen molar-refractivity contribution in [1.29, 1.82) is 0 Å². The molecular weight excluding hydrogens is 410 g/mol. The van der Waals surface area contributed by atoms with Crippen molar-refractivity contribution in [2.24, 2.45) is 0 Å². The van der Waals surface area contributed by atoms with Gasteiger partial charge in [-0.1, -0.05) is 0 Å². The number of benzene rings is 1. The molecule has 1 aliphatic heterocycles. The van der Waals surface area contributed by atoms with Crippen LogP contribution in [0.5, 0.6) is 5.75 Å². The fraction of sp³-hybridized carbons (Fsp3) is 0.353. The topological polar surface area (TPSA) is 76.8 Å². The number of likely N-dealkylation sites (tertiary alicyclic amines) is 1. The van der Waals surface area contributed by atoms with Crippen LogP contribution in [-0.4, -0.2) is 44.7 Å². The van der Waals surface area contributed by atoms with Gasteiger partial charge in [0.25, 0.3) is 5.91 Å². The second-order valence-electron chi connectivity index (χ2n) is 5.82. The van der Waals surface area contributed by atoms with E-state index < -0.39 is 15.1 Å². The average Bonchev–Trinajstić information content (AvgIpc) is 3.07. The van der Waals surface area contributed by atoms with E-state index in [0.717, 1.165) is 0 Å². The van der Waals surface area contributed by atoms with Crippen LogP contribution in [0, 0.1) is 0 Å². The minimum Gasteiger partial charge on any atom is -0.497 e. The Hall–Kier alpha value is -1.80. The summed E-state index contributed by atoms with van der Waals surface area (Å²) >= 11 is 3.17. The van der Waals surface area contributed by atoms with Crippen LogP contribution in [-0.2, 0) is 9.84 Å². The highest BCUT2D eigenvalue weighted by molar-refractivity contribution is 9.10. The van der Waals surface area contributed by atoms with Crippen molar-refractivity contribution in [1.82, 2.24) is 4.90 Å². The lowest BCUT2D eigenvalue weighted by atomic mass is 10.1. The molecule has 0 spiro atoms. The third kappa shape index (κ3) is 3.74. The Morgan fingerprint density at radius 3 is 2.32 bits per heavy atom. The lowest BCUT2D eigenvalue weighted by Crippen LogP contribution is -2.42. The molecule has 25 heavy (non-hydrogen) atoms. The Kier molecular flexibility index (Phi) is 5.19. The van der Waals surface area contributed by atoms with E-state index in [-0.39, 0.29) is 16.6 Å². The second-order valence-corrected chi connectivity index (χ2v) is 8.83. The van der Waals surface area contributed by atoms with Crippen molar-refractivity contribution in [3.63, 3.8) is 0 Å². The minimum absolute atomic E-state index is 0.217. The van der Waals surface area contributed by atoms with Gasteiger partial charge < -0.3 is 14.1 Å². The molecule has 0 radical (unpaired) electrons. The van der Waals surface area contributed by atoms with E-state index >= 15 is 0 Å². The average molecular weight is 428 g/mol. The number of piperidine rings is 1. The number of amides is 1. The molecule has 8 heteroatoms. The molecule has 1 amide bonds.